The van der Waals surface area contributed by atoms with Crippen LogP contribution >= 0.6 is 0 Å². The minimum Gasteiger partial charge on any atom is -0.504 e. The Balaban J connectivity index is 1.88. The summed E-state index contributed by atoms with van der Waals surface area (Å²) in [5.41, 5.74) is 7.36. The molecule has 1 fully saturated rings. The van der Waals surface area contributed by atoms with Gasteiger partial charge >= 0.3 is 0 Å². The highest BCUT2D eigenvalue weighted by atomic mass is 16.5. The number of aromatic hydroxyl groups is 1. The molecule has 3 nitrogen and oxygen atoms in total. The largest absolute Gasteiger partial charge is 0.504 e. The lowest BCUT2D eigenvalue weighted by Gasteiger charge is -2.09. The van der Waals surface area contributed by atoms with E-state index in [0.717, 1.165) is 19.3 Å². The van der Waals surface area contributed by atoms with E-state index < -0.39 is 0 Å². The van der Waals surface area contributed by atoms with Gasteiger partial charge in [0.05, 0.1) is 7.11 Å². The summed E-state index contributed by atoms with van der Waals surface area (Å²) in [5, 5.41) is 9.45. The van der Waals surface area contributed by atoms with Crippen LogP contribution in [0.3, 0.4) is 0 Å². The highest BCUT2D eigenvalue weighted by molar-refractivity contribution is 5.41. The van der Waals surface area contributed by atoms with Gasteiger partial charge in [-0.25, -0.2) is 0 Å². The third-order valence-corrected chi connectivity index (χ3v) is 3.28. The van der Waals surface area contributed by atoms with Crippen molar-refractivity contribution in [2.45, 2.75) is 37.6 Å². The summed E-state index contributed by atoms with van der Waals surface area (Å²) in [6, 6.07) is 5.52. The summed E-state index contributed by atoms with van der Waals surface area (Å²) >= 11 is 0. The molecular weight excluding hydrogens is 202 g/mol. The number of rotatable bonds is 5. The van der Waals surface area contributed by atoms with E-state index in [2.05, 4.69) is 0 Å². The van der Waals surface area contributed by atoms with Gasteiger partial charge in [-0.05, 0) is 49.8 Å². The van der Waals surface area contributed by atoms with Gasteiger partial charge in [-0.1, -0.05) is 6.07 Å². The Kier molecular flexibility index (Phi) is 3.06. The van der Waals surface area contributed by atoms with Crippen molar-refractivity contribution in [3.05, 3.63) is 23.8 Å². The zero-order valence-corrected chi connectivity index (χ0v) is 9.70. The molecule has 0 bridgehead atoms. The van der Waals surface area contributed by atoms with Crippen LogP contribution in [-0.2, 0) is 6.42 Å². The van der Waals surface area contributed by atoms with Crippen molar-refractivity contribution in [3.63, 3.8) is 0 Å². The van der Waals surface area contributed by atoms with Crippen LogP contribution < -0.4 is 10.5 Å². The van der Waals surface area contributed by atoms with Crippen molar-refractivity contribution in [2.75, 3.05) is 7.11 Å². The summed E-state index contributed by atoms with van der Waals surface area (Å²) in [5.74, 6) is 0.745. The Morgan fingerprint density at radius 3 is 2.81 bits per heavy atom. The first-order valence-electron chi connectivity index (χ1n) is 5.78. The molecule has 1 aliphatic carbocycles. The molecule has 0 spiro atoms. The van der Waals surface area contributed by atoms with E-state index in [1.165, 1.54) is 18.4 Å². The van der Waals surface area contributed by atoms with Crippen LogP contribution in [0.15, 0.2) is 18.2 Å². The number of phenolic OH excluding ortho intramolecular Hbond substituents is 1. The molecule has 3 heteroatoms. The number of hydrogen-bond acceptors (Lipinski definition) is 3. The lowest BCUT2D eigenvalue weighted by molar-refractivity contribution is 0.373. The quantitative estimate of drug-likeness (QED) is 0.801. The standard InChI is InChI=1S/C13H19NO2/c1-16-12-9-10(4-5-11(12)15)3-2-6-13(14)7-8-13/h4-5,9,15H,2-3,6-8,14H2,1H3. The number of benzene rings is 1. The average Bonchev–Trinajstić information content (AvgIpc) is 2.99. The summed E-state index contributed by atoms with van der Waals surface area (Å²) < 4.78 is 5.07. The van der Waals surface area contributed by atoms with Gasteiger partial charge in [0.25, 0.3) is 0 Å². The second-order valence-corrected chi connectivity index (χ2v) is 4.72. The van der Waals surface area contributed by atoms with Crippen LogP contribution in [0.1, 0.15) is 31.2 Å². The van der Waals surface area contributed by atoms with E-state index in [4.69, 9.17) is 10.5 Å². The molecule has 0 amide bonds. The molecule has 1 aromatic rings. The van der Waals surface area contributed by atoms with Crippen LogP contribution in [0, 0.1) is 0 Å². The normalized spacial score (nSPS) is 17.1. The van der Waals surface area contributed by atoms with Crippen LogP contribution in [0.2, 0.25) is 0 Å². The number of hydrogen-bond donors (Lipinski definition) is 2. The van der Waals surface area contributed by atoms with Crippen molar-refractivity contribution in [1.29, 1.82) is 0 Å². The maximum absolute atomic E-state index is 9.45. The molecule has 88 valence electrons. The number of methoxy groups -OCH3 is 1. The molecule has 0 atom stereocenters. The second-order valence-electron chi connectivity index (χ2n) is 4.72. The minimum absolute atomic E-state index is 0.140. The van der Waals surface area contributed by atoms with Gasteiger partial charge in [0, 0.05) is 5.54 Å². The first-order valence-corrected chi connectivity index (χ1v) is 5.78. The van der Waals surface area contributed by atoms with Crippen LogP contribution in [0.25, 0.3) is 0 Å². The molecular formula is C13H19NO2. The van der Waals surface area contributed by atoms with Crippen LogP contribution in [0.5, 0.6) is 11.5 Å². The molecule has 1 saturated carbocycles. The molecule has 0 heterocycles. The van der Waals surface area contributed by atoms with Gasteiger partial charge in [-0.2, -0.15) is 0 Å². The highest BCUT2D eigenvalue weighted by Gasteiger charge is 2.36. The summed E-state index contributed by atoms with van der Waals surface area (Å²) in [7, 11) is 1.57. The molecule has 0 unspecified atom stereocenters. The summed E-state index contributed by atoms with van der Waals surface area (Å²) in [4.78, 5) is 0. The molecule has 1 aromatic carbocycles. The fraction of sp³-hybridized carbons (Fsp3) is 0.538. The number of nitrogens with two attached hydrogens (primary N) is 1. The van der Waals surface area contributed by atoms with E-state index in [0.29, 0.717) is 5.75 Å². The zero-order chi connectivity index (χ0) is 11.6. The summed E-state index contributed by atoms with van der Waals surface area (Å²) in [6.07, 6.45) is 5.54. The van der Waals surface area contributed by atoms with Gasteiger partial charge in [0.15, 0.2) is 11.5 Å². The smallest absolute Gasteiger partial charge is 0.160 e. The average molecular weight is 221 g/mol. The Bertz CT molecular complexity index is 372. The molecule has 0 saturated heterocycles. The van der Waals surface area contributed by atoms with Crippen LogP contribution in [0.4, 0.5) is 0 Å². The second kappa shape index (κ2) is 4.34. The van der Waals surface area contributed by atoms with Crippen molar-refractivity contribution >= 4 is 0 Å². The van der Waals surface area contributed by atoms with E-state index in [9.17, 15) is 5.11 Å². The van der Waals surface area contributed by atoms with Gasteiger partial charge in [-0.15, -0.1) is 0 Å². The molecule has 0 aromatic heterocycles. The summed E-state index contributed by atoms with van der Waals surface area (Å²) in [6.45, 7) is 0. The van der Waals surface area contributed by atoms with Gasteiger partial charge < -0.3 is 15.6 Å². The monoisotopic (exact) mass is 221 g/mol. The van der Waals surface area contributed by atoms with Gasteiger partial charge in [0.2, 0.25) is 0 Å². The molecule has 1 aliphatic rings. The molecule has 16 heavy (non-hydrogen) atoms. The Morgan fingerprint density at radius 2 is 2.19 bits per heavy atom. The highest BCUT2D eigenvalue weighted by Crippen LogP contribution is 2.37. The van der Waals surface area contributed by atoms with Gasteiger partial charge in [0.1, 0.15) is 0 Å². The Morgan fingerprint density at radius 1 is 1.44 bits per heavy atom. The number of ether oxygens (including phenoxy) is 1. The fourth-order valence-corrected chi connectivity index (χ4v) is 1.93. The zero-order valence-electron chi connectivity index (χ0n) is 9.70. The lowest BCUT2D eigenvalue weighted by atomic mass is 10.0. The van der Waals surface area contributed by atoms with E-state index in [1.807, 2.05) is 12.1 Å². The SMILES string of the molecule is COc1cc(CCCC2(N)CC2)ccc1O. The Hall–Kier alpha value is -1.22. The third kappa shape index (κ3) is 2.67. The fourth-order valence-electron chi connectivity index (χ4n) is 1.93. The molecule has 2 rings (SSSR count). The van der Waals surface area contributed by atoms with Crippen molar-refractivity contribution in [1.82, 2.24) is 0 Å². The van der Waals surface area contributed by atoms with Gasteiger partial charge in [-0.3, -0.25) is 0 Å². The van der Waals surface area contributed by atoms with Crippen LogP contribution in [-0.4, -0.2) is 17.8 Å². The van der Waals surface area contributed by atoms with Crippen molar-refractivity contribution in [3.8, 4) is 11.5 Å². The first kappa shape index (κ1) is 11.3. The lowest BCUT2D eigenvalue weighted by Crippen LogP contribution is -2.21. The maximum Gasteiger partial charge on any atom is 0.160 e. The van der Waals surface area contributed by atoms with Crippen molar-refractivity contribution in [2.24, 2.45) is 5.73 Å². The molecule has 0 radical (unpaired) electrons. The number of phenols is 1. The molecule has 0 aliphatic heterocycles. The first-order chi connectivity index (χ1) is 7.63. The van der Waals surface area contributed by atoms with E-state index in [-0.39, 0.29) is 11.3 Å². The van der Waals surface area contributed by atoms with E-state index >= 15 is 0 Å². The maximum atomic E-state index is 9.45. The predicted octanol–water partition coefficient (Wildman–Crippen LogP) is 2.21. The molecule has 3 N–H and O–H groups in total. The predicted molar refractivity (Wildman–Crippen MR) is 63.7 cm³/mol. The third-order valence-electron chi connectivity index (χ3n) is 3.28. The van der Waals surface area contributed by atoms with E-state index in [1.54, 1.807) is 13.2 Å². The Labute approximate surface area is 96.2 Å². The number of aryl methyl sites for hydroxylation is 1. The minimum atomic E-state index is 0.140. The van der Waals surface area contributed by atoms with Crippen molar-refractivity contribution < 1.29 is 9.84 Å². The topological polar surface area (TPSA) is 55.5 Å².